The number of benzene rings is 2. The molecule has 0 radical (unpaired) electrons. The third-order valence-electron chi connectivity index (χ3n) is 14.0. The SMILES string of the molecule is CC(C)N1CCCCC1.CC(C)N1CCCCCC1.CC(C)N1CCN(C(C)C(=O)CCc2ccc3c(c2)OCO3)CC1.CC(C)N1CCOCC1.CC(C)N1CCc2ccccc21. The van der Waals surface area contributed by atoms with Crippen molar-refractivity contribution in [3.05, 3.63) is 53.6 Å². The summed E-state index contributed by atoms with van der Waals surface area (Å²) in [5, 5.41) is 0. The summed E-state index contributed by atoms with van der Waals surface area (Å²) in [7, 11) is 0. The topological polar surface area (TPSA) is 64.2 Å². The number of piperidine rings is 1. The van der Waals surface area contributed by atoms with E-state index in [1.807, 2.05) is 25.1 Å². The number of likely N-dealkylation sites (tertiary alicyclic amines) is 2. The number of rotatable bonds is 10. The normalized spacial score (nSPS) is 20.3. The van der Waals surface area contributed by atoms with Gasteiger partial charge in [-0.2, -0.15) is 0 Å². The molecule has 0 aromatic heterocycles. The highest BCUT2D eigenvalue weighted by Crippen LogP contribution is 2.33. The van der Waals surface area contributed by atoms with Crippen molar-refractivity contribution in [1.29, 1.82) is 0 Å². The van der Waals surface area contributed by atoms with E-state index >= 15 is 0 Å². The molecule has 2 aromatic rings. The largest absolute Gasteiger partial charge is 0.454 e. The number of carbonyl (C=O) groups excluding carboxylic acids is 1. The summed E-state index contributed by atoms with van der Waals surface area (Å²) in [4.78, 5) is 27.4. The van der Waals surface area contributed by atoms with Crippen LogP contribution in [0.15, 0.2) is 42.5 Å². The van der Waals surface area contributed by atoms with E-state index in [4.69, 9.17) is 14.2 Å². The Labute approximate surface area is 392 Å². The fourth-order valence-corrected chi connectivity index (χ4v) is 9.46. The van der Waals surface area contributed by atoms with Gasteiger partial charge in [-0.15, -0.1) is 0 Å². The molecular formula is C54H94N6O4. The van der Waals surface area contributed by atoms with Crippen LogP contribution in [0.3, 0.4) is 0 Å². The first-order valence-electron chi connectivity index (χ1n) is 25.8. The average molecular weight is 891 g/mol. The molecule has 10 nitrogen and oxygen atoms in total. The lowest BCUT2D eigenvalue weighted by atomic mass is 10.0. The smallest absolute Gasteiger partial charge is 0.231 e. The molecule has 2 aromatic carbocycles. The number of ether oxygens (including phenoxy) is 3. The highest BCUT2D eigenvalue weighted by Gasteiger charge is 2.26. The molecule has 0 aliphatic carbocycles. The summed E-state index contributed by atoms with van der Waals surface area (Å²) >= 11 is 0. The highest BCUT2D eigenvalue weighted by molar-refractivity contribution is 5.83. The Kier molecular flexibility index (Phi) is 24.5. The molecule has 1 atom stereocenters. The number of Topliss-reactive ketones (excluding diaryl/α,β-unsaturated/α-hetero) is 1. The Morgan fingerprint density at radius 3 is 1.53 bits per heavy atom. The lowest BCUT2D eigenvalue weighted by Crippen LogP contribution is -2.53. The second-order valence-corrected chi connectivity index (χ2v) is 20.1. The van der Waals surface area contributed by atoms with Crippen LogP contribution in [0.5, 0.6) is 11.5 Å². The maximum atomic E-state index is 12.6. The van der Waals surface area contributed by atoms with Crippen LogP contribution >= 0.6 is 0 Å². The summed E-state index contributed by atoms with van der Waals surface area (Å²) in [6.07, 6.45) is 12.5. The van der Waals surface area contributed by atoms with E-state index in [1.54, 1.807) is 0 Å². The predicted octanol–water partition coefficient (Wildman–Crippen LogP) is 9.67. The fraction of sp³-hybridized carbons (Fsp3) is 0.759. The Morgan fingerprint density at radius 2 is 1.00 bits per heavy atom. The number of fused-ring (bicyclic) bond motifs is 2. The zero-order valence-corrected chi connectivity index (χ0v) is 42.8. The quantitative estimate of drug-likeness (QED) is 0.231. The summed E-state index contributed by atoms with van der Waals surface area (Å²) in [5.41, 5.74) is 4.07. The van der Waals surface area contributed by atoms with Gasteiger partial charge in [0.15, 0.2) is 11.5 Å². The molecule has 64 heavy (non-hydrogen) atoms. The molecule has 6 heterocycles. The second-order valence-electron chi connectivity index (χ2n) is 20.1. The van der Waals surface area contributed by atoms with Crippen LogP contribution in [-0.4, -0.2) is 159 Å². The van der Waals surface area contributed by atoms with Crippen LogP contribution < -0.4 is 14.4 Å². The molecule has 8 rings (SSSR count). The van der Waals surface area contributed by atoms with Gasteiger partial charge in [0.25, 0.3) is 0 Å². The second kappa shape index (κ2) is 29.1. The zero-order valence-electron chi connectivity index (χ0n) is 42.8. The van der Waals surface area contributed by atoms with Gasteiger partial charge >= 0.3 is 0 Å². The fourth-order valence-electron chi connectivity index (χ4n) is 9.46. The molecule has 0 N–H and O–H groups in total. The third kappa shape index (κ3) is 18.5. The number of para-hydroxylation sites is 1. The van der Waals surface area contributed by atoms with Crippen molar-refractivity contribution >= 4 is 11.5 Å². The van der Waals surface area contributed by atoms with E-state index in [9.17, 15) is 4.79 Å². The molecule has 0 amide bonds. The highest BCUT2D eigenvalue weighted by atomic mass is 16.7. The van der Waals surface area contributed by atoms with Crippen LogP contribution in [-0.2, 0) is 22.4 Å². The Hall–Kier alpha value is -2.73. The number of morpholine rings is 1. The third-order valence-corrected chi connectivity index (χ3v) is 14.0. The number of hydrogen-bond donors (Lipinski definition) is 0. The first-order valence-corrected chi connectivity index (χ1v) is 25.8. The summed E-state index contributed by atoms with van der Waals surface area (Å²) in [6.45, 7) is 39.6. The van der Waals surface area contributed by atoms with Crippen LogP contribution in [0.25, 0.3) is 0 Å². The molecule has 10 heteroatoms. The number of aryl methyl sites for hydroxylation is 1. The molecule has 6 aliphatic heterocycles. The lowest BCUT2D eigenvalue weighted by Gasteiger charge is -2.39. The monoisotopic (exact) mass is 891 g/mol. The number of anilines is 1. The summed E-state index contributed by atoms with van der Waals surface area (Å²) in [6, 6.07) is 18.1. The van der Waals surface area contributed by atoms with E-state index in [0.29, 0.717) is 30.3 Å². The van der Waals surface area contributed by atoms with Crippen molar-refractivity contribution in [3.63, 3.8) is 0 Å². The molecule has 0 saturated carbocycles. The minimum absolute atomic E-state index is 0.00771. The molecule has 4 fully saturated rings. The molecule has 6 aliphatic rings. The van der Waals surface area contributed by atoms with Gasteiger partial charge < -0.3 is 28.9 Å². The Bertz CT molecular complexity index is 1530. The van der Waals surface area contributed by atoms with Gasteiger partial charge in [0.05, 0.1) is 19.3 Å². The maximum absolute atomic E-state index is 12.6. The number of carbonyl (C=O) groups is 1. The van der Waals surface area contributed by atoms with Gasteiger partial charge in [0, 0.05) is 88.1 Å². The summed E-state index contributed by atoms with van der Waals surface area (Å²) < 4.78 is 15.9. The van der Waals surface area contributed by atoms with Gasteiger partial charge in [0.1, 0.15) is 5.78 Å². The number of ketones is 1. The van der Waals surface area contributed by atoms with Crippen molar-refractivity contribution in [3.8, 4) is 11.5 Å². The van der Waals surface area contributed by atoms with Crippen LogP contribution in [0, 0.1) is 0 Å². The predicted molar refractivity (Wildman–Crippen MR) is 270 cm³/mol. The molecule has 0 spiro atoms. The Balaban J connectivity index is 0.000000189. The zero-order chi connectivity index (χ0) is 46.4. The van der Waals surface area contributed by atoms with Gasteiger partial charge in [0.2, 0.25) is 6.79 Å². The molecule has 4 saturated heterocycles. The minimum atomic E-state index is 0.00771. The van der Waals surface area contributed by atoms with E-state index in [1.165, 1.54) is 95.3 Å². The van der Waals surface area contributed by atoms with Crippen LogP contribution in [0.2, 0.25) is 0 Å². The first kappa shape index (κ1) is 53.9. The lowest BCUT2D eigenvalue weighted by molar-refractivity contribution is -0.124. The number of nitrogens with zero attached hydrogens (tertiary/aromatic N) is 6. The van der Waals surface area contributed by atoms with Crippen molar-refractivity contribution in [2.24, 2.45) is 0 Å². The van der Waals surface area contributed by atoms with Crippen LogP contribution in [0.1, 0.15) is 139 Å². The molecule has 0 bridgehead atoms. The van der Waals surface area contributed by atoms with E-state index in [-0.39, 0.29) is 12.8 Å². The van der Waals surface area contributed by atoms with Gasteiger partial charge in [-0.1, -0.05) is 43.5 Å². The van der Waals surface area contributed by atoms with Crippen LogP contribution in [0.4, 0.5) is 5.69 Å². The maximum Gasteiger partial charge on any atom is 0.231 e. The molecule has 1 unspecified atom stereocenters. The van der Waals surface area contributed by atoms with E-state index in [2.05, 4.69) is 123 Å². The first-order chi connectivity index (χ1) is 30.7. The van der Waals surface area contributed by atoms with Gasteiger partial charge in [-0.3, -0.25) is 19.5 Å². The number of hydrogen-bond acceptors (Lipinski definition) is 10. The standard InChI is InChI=1S/C19H28N2O3.C11H15N.C9H19N.C8H17N.C7H15NO/c1-14(2)20-8-10-21(11-9-20)15(3)17(22)6-4-16-5-7-18-19(12-16)24-13-23-18;1-9(2)12-8-7-10-5-3-4-6-11(10)12;1-9(2)10-7-5-3-4-6-8-10;1-8(2)9-6-4-3-5-7-9;1-7(2)8-3-5-9-6-4-8/h5,7,12,14-15H,4,6,8-11,13H2,1-3H3;3-6,9H,7-8H2,1-2H3;9H,3-8H2,1-2H3;8H,3-7H2,1-2H3;7H,3-6H2,1-2H3. The van der Waals surface area contributed by atoms with E-state index < -0.39 is 0 Å². The van der Waals surface area contributed by atoms with Crippen molar-refractivity contribution in [2.75, 3.05) is 96.9 Å². The Morgan fingerprint density at radius 1 is 0.516 bits per heavy atom. The average Bonchev–Trinajstić information content (AvgIpc) is 3.88. The van der Waals surface area contributed by atoms with Crippen molar-refractivity contribution in [1.82, 2.24) is 24.5 Å². The minimum Gasteiger partial charge on any atom is -0.454 e. The molecule has 364 valence electrons. The van der Waals surface area contributed by atoms with Crippen molar-refractivity contribution in [2.45, 2.75) is 177 Å². The van der Waals surface area contributed by atoms with Gasteiger partial charge in [-0.25, -0.2) is 0 Å². The van der Waals surface area contributed by atoms with Crippen molar-refractivity contribution < 1.29 is 19.0 Å². The van der Waals surface area contributed by atoms with E-state index in [0.717, 1.165) is 88.0 Å². The summed E-state index contributed by atoms with van der Waals surface area (Å²) in [5.74, 6) is 1.91. The molecular weight excluding hydrogens is 797 g/mol. The van der Waals surface area contributed by atoms with Gasteiger partial charge in [-0.05, 0) is 170 Å². The number of piperazine rings is 1.